The molecule has 0 bridgehead atoms. The average molecular weight is 574 g/mol. The maximum atomic E-state index is 13.3. The fourth-order valence-electron chi connectivity index (χ4n) is 4.93. The summed E-state index contributed by atoms with van der Waals surface area (Å²) in [6.07, 6.45) is -0.641. The Hall–Kier alpha value is -1.97. The van der Waals surface area contributed by atoms with E-state index >= 15 is 0 Å². The molecule has 0 spiro atoms. The molecule has 3 aliphatic heterocycles. The monoisotopic (exact) mass is 575 g/mol. The normalized spacial score (nSPS) is 19.9. The third-order valence-corrected chi connectivity index (χ3v) is 12.4. The van der Waals surface area contributed by atoms with E-state index in [1.807, 2.05) is 6.07 Å². The Morgan fingerprint density at radius 3 is 1.97 bits per heavy atom. The molecular weight excluding hydrogens is 541 g/mol. The second-order valence-electron chi connectivity index (χ2n) is 11.1. The van der Waals surface area contributed by atoms with Crippen molar-refractivity contribution in [3.05, 3.63) is 51.9 Å². The van der Waals surface area contributed by atoms with Crippen molar-refractivity contribution in [2.75, 3.05) is 26.4 Å². The molecule has 0 unspecified atom stereocenters. The first kappa shape index (κ1) is 25.1. The molecule has 0 atom stereocenters. The number of rotatable bonds is 2. The first-order valence-electron chi connectivity index (χ1n) is 11.6. The summed E-state index contributed by atoms with van der Waals surface area (Å²) in [5.74, 6) is -0.983. The molecular formula is C26H33NO6Sn. The summed E-state index contributed by atoms with van der Waals surface area (Å²) in [6, 6.07) is 6.27. The number of carbonyl (C=O) groups is 3. The van der Waals surface area contributed by atoms with Crippen LogP contribution in [0.3, 0.4) is 0 Å². The van der Waals surface area contributed by atoms with Crippen molar-refractivity contribution in [3.8, 4) is 0 Å². The standard InChI is InChI=1S/C23H24NO6.3CH3.Sn/c1-13-5-7-14(8-6-13)19-20-15(9-28-11-17(20)25)24(22(27)30-23(2,3)4)16-10-29-12-18(26)21(16)19;;;;/h5,7-8,19H,9-12H2,1-4H3;3*1H3;. The van der Waals surface area contributed by atoms with E-state index in [-0.39, 0.29) is 38.0 Å². The van der Waals surface area contributed by atoms with Gasteiger partial charge < -0.3 is 0 Å². The number of ether oxygens (including phenoxy) is 3. The average Bonchev–Trinajstić information content (AvgIpc) is 2.71. The van der Waals surface area contributed by atoms with Gasteiger partial charge in [-0.25, -0.2) is 0 Å². The molecule has 7 nitrogen and oxygen atoms in total. The summed E-state index contributed by atoms with van der Waals surface area (Å²) in [6.45, 7) is 7.45. The van der Waals surface area contributed by atoms with Gasteiger partial charge in [0.25, 0.3) is 0 Å². The van der Waals surface area contributed by atoms with Crippen LogP contribution in [-0.4, -0.2) is 73.0 Å². The fourth-order valence-corrected chi connectivity index (χ4v) is 10.3. The zero-order valence-electron chi connectivity index (χ0n) is 21.0. The summed E-state index contributed by atoms with van der Waals surface area (Å²) in [4.78, 5) is 48.3. The number of nitrogens with zero attached hydrogens (tertiary/aromatic N) is 1. The predicted octanol–water partition coefficient (Wildman–Crippen LogP) is 3.58. The first-order valence-corrected chi connectivity index (χ1v) is 21.6. The van der Waals surface area contributed by atoms with Gasteiger partial charge in [0.2, 0.25) is 0 Å². The van der Waals surface area contributed by atoms with E-state index in [0.29, 0.717) is 22.5 Å². The van der Waals surface area contributed by atoms with Gasteiger partial charge in [-0.2, -0.15) is 0 Å². The topological polar surface area (TPSA) is 82.1 Å². The number of carbonyl (C=O) groups excluding carboxylic acids is 3. The summed E-state index contributed by atoms with van der Waals surface area (Å²) < 4.78 is 18.1. The minimum atomic E-state index is -2.49. The fraction of sp³-hybridized carbons (Fsp3) is 0.500. The van der Waals surface area contributed by atoms with Crippen molar-refractivity contribution in [3.63, 3.8) is 0 Å². The van der Waals surface area contributed by atoms with Crippen molar-refractivity contribution in [2.45, 2.75) is 54.0 Å². The second-order valence-corrected chi connectivity index (χ2v) is 25.5. The van der Waals surface area contributed by atoms with Crippen LogP contribution in [-0.2, 0) is 23.8 Å². The number of ketones is 2. The summed E-state index contributed by atoms with van der Waals surface area (Å²) in [5, 5.41) is 0. The van der Waals surface area contributed by atoms with E-state index in [0.717, 1.165) is 5.56 Å². The molecule has 0 N–H and O–H groups in total. The third kappa shape index (κ3) is 4.62. The van der Waals surface area contributed by atoms with E-state index in [1.165, 1.54) is 14.0 Å². The van der Waals surface area contributed by atoms with E-state index < -0.39 is 36.0 Å². The van der Waals surface area contributed by atoms with Crippen LogP contribution in [0.25, 0.3) is 0 Å². The van der Waals surface area contributed by atoms with Gasteiger partial charge in [-0.05, 0) is 0 Å². The van der Waals surface area contributed by atoms with Crippen molar-refractivity contribution in [1.82, 2.24) is 4.90 Å². The van der Waals surface area contributed by atoms with E-state index in [4.69, 9.17) is 14.2 Å². The van der Waals surface area contributed by atoms with Gasteiger partial charge in [-0.1, -0.05) is 0 Å². The van der Waals surface area contributed by atoms with Crippen molar-refractivity contribution in [2.24, 2.45) is 0 Å². The van der Waals surface area contributed by atoms with Crippen molar-refractivity contribution in [1.29, 1.82) is 0 Å². The van der Waals surface area contributed by atoms with Crippen LogP contribution in [0.1, 0.15) is 37.8 Å². The molecule has 4 rings (SSSR count). The molecule has 182 valence electrons. The van der Waals surface area contributed by atoms with Crippen LogP contribution in [0.4, 0.5) is 4.79 Å². The molecule has 34 heavy (non-hydrogen) atoms. The SMILES string of the molecule is Cc1ccc(C2C3=C(COCC3=O)N(C(=O)OC(C)(C)C)C3=C2C(=O)COC3)c[c]1[Sn]([CH3])([CH3])[CH3]. The molecule has 0 saturated carbocycles. The van der Waals surface area contributed by atoms with Crippen molar-refractivity contribution < 1.29 is 28.6 Å². The predicted molar refractivity (Wildman–Crippen MR) is 131 cm³/mol. The van der Waals surface area contributed by atoms with Crippen LogP contribution in [0.5, 0.6) is 0 Å². The Balaban J connectivity index is 1.97. The number of hydrogen-bond acceptors (Lipinski definition) is 6. The molecule has 3 heterocycles. The number of benzene rings is 1. The molecule has 0 saturated heterocycles. The summed E-state index contributed by atoms with van der Waals surface area (Å²) in [7, 11) is 0. The van der Waals surface area contributed by atoms with Crippen molar-refractivity contribution >= 4 is 39.6 Å². The van der Waals surface area contributed by atoms with Gasteiger partial charge in [0.05, 0.1) is 0 Å². The minimum absolute atomic E-state index is 0.0813. The zero-order chi connectivity index (χ0) is 25.0. The van der Waals surface area contributed by atoms with Crippen LogP contribution < -0.4 is 3.58 Å². The number of Topliss-reactive ketones (excluding diaryl/α,β-unsaturated/α-hetero) is 2. The molecule has 1 aromatic rings. The van der Waals surface area contributed by atoms with E-state index in [9.17, 15) is 14.4 Å². The number of aryl methyl sites for hydroxylation is 1. The van der Waals surface area contributed by atoms with Gasteiger partial charge in [0.15, 0.2) is 0 Å². The first-order chi connectivity index (χ1) is 15.8. The molecule has 0 aromatic heterocycles. The van der Waals surface area contributed by atoms with Gasteiger partial charge in [-0.3, -0.25) is 0 Å². The Morgan fingerprint density at radius 2 is 1.50 bits per heavy atom. The van der Waals surface area contributed by atoms with Gasteiger partial charge >= 0.3 is 205 Å². The van der Waals surface area contributed by atoms with E-state index in [2.05, 4.69) is 33.9 Å². The third-order valence-electron chi connectivity index (χ3n) is 6.26. The molecule has 3 aliphatic rings. The Labute approximate surface area is 205 Å². The molecule has 8 heteroatoms. The molecule has 1 amide bonds. The quantitative estimate of drug-likeness (QED) is 0.503. The molecule has 1 aromatic carbocycles. The molecule has 0 aliphatic carbocycles. The van der Waals surface area contributed by atoms with Crippen LogP contribution in [0, 0.1) is 6.92 Å². The Kier molecular flexibility index (Phi) is 6.59. The Bertz CT molecular complexity index is 1090. The maximum absolute atomic E-state index is 13.3. The van der Waals surface area contributed by atoms with Gasteiger partial charge in [0.1, 0.15) is 0 Å². The number of amides is 1. The van der Waals surface area contributed by atoms with Crippen LogP contribution >= 0.6 is 0 Å². The summed E-state index contributed by atoms with van der Waals surface area (Å²) >= 11 is -2.49. The molecule has 0 radical (unpaired) electrons. The number of hydrogen-bond donors (Lipinski definition) is 0. The van der Waals surface area contributed by atoms with Gasteiger partial charge in [-0.15, -0.1) is 0 Å². The zero-order valence-corrected chi connectivity index (χ0v) is 23.9. The summed E-state index contributed by atoms with van der Waals surface area (Å²) in [5.41, 5.74) is 3.16. The molecule has 0 fully saturated rings. The second kappa shape index (κ2) is 8.91. The van der Waals surface area contributed by atoms with E-state index in [1.54, 1.807) is 20.8 Å². The van der Waals surface area contributed by atoms with Gasteiger partial charge in [0, 0.05) is 0 Å². The van der Waals surface area contributed by atoms with Crippen LogP contribution in [0.15, 0.2) is 40.7 Å². The Morgan fingerprint density at radius 1 is 0.971 bits per heavy atom. The van der Waals surface area contributed by atoms with Crippen LogP contribution in [0.2, 0.25) is 14.8 Å².